The van der Waals surface area contributed by atoms with Crippen LogP contribution in [0.15, 0.2) is 53.0 Å². The zero-order valence-corrected chi connectivity index (χ0v) is 15.6. The summed E-state index contributed by atoms with van der Waals surface area (Å²) < 4.78 is 6.51. The summed E-state index contributed by atoms with van der Waals surface area (Å²) in [5, 5.41) is 0. The van der Waals surface area contributed by atoms with Gasteiger partial charge in [0.2, 0.25) is 0 Å². The van der Waals surface area contributed by atoms with E-state index in [1.165, 1.54) is 5.56 Å². The maximum atomic E-state index is 13.2. The van der Waals surface area contributed by atoms with Gasteiger partial charge in [-0.2, -0.15) is 0 Å². The quantitative estimate of drug-likeness (QED) is 0.787. The molecule has 2 aliphatic heterocycles. The van der Waals surface area contributed by atoms with E-state index in [4.69, 9.17) is 4.74 Å². The van der Waals surface area contributed by atoms with Crippen LogP contribution in [0.5, 0.6) is 0 Å². The molecular formula is C20H21BrN2O2. The first-order chi connectivity index (χ1) is 12.2. The molecule has 0 spiro atoms. The maximum Gasteiger partial charge on any atom is 0.256 e. The fourth-order valence-corrected chi connectivity index (χ4v) is 3.99. The third-order valence-corrected chi connectivity index (χ3v) is 5.46. The largest absolute Gasteiger partial charge is 0.379 e. The van der Waals surface area contributed by atoms with E-state index in [0.29, 0.717) is 6.61 Å². The molecule has 2 aliphatic rings. The van der Waals surface area contributed by atoms with E-state index < -0.39 is 0 Å². The average molecular weight is 401 g/mol. The van der Waals surface area contributed by atoms with Crippen LogP contribution < -0.4 is 4.90 Å². The first-order valence-corrected chi connectivity index (χ1v) is 9.49. The maximum absolute atomic E-state index is 13.2. The van der Waals surface area contributed by atoms with E-state index in [1.807, 2.05) is 23.1 Å². The lowest BCUT2D eigenvalue weighted by Gasteiger charge is -2.27. The molecular weight excluding hydrogens is 380 g/mol. The van der Waals surface area contributed by atoms with Gasteiger partial charge in [-0.1, -0.05) is 46.3 Å². The van der Waals surface area contributed by atoms with Crippen molar-refractivity contribution in [1.82, 2.24) is 4.90 Å². The molecule has 1 amide bonds. The van der Waals surface area contributed by atoms with Gasteiger partial charge < -0.3 is 14.5 Å². The van der Waals surface area contributed by atoms with E-state index in [1.54, 1.807) is 0 Å². The highest BCUT2D eigenvalue weighted by atomic mass is 79.9. The van der Waals surface area contributed by atoms with Gasteiger partial charge in [0.1, 0.15) is 0 Å². The second-order valence-corrected chi connectivity index (χ2v) is 7.50. The molecule has 0 N–H and O–H groups in total. The highest BCUT2D eigenvalue weighted by Gasteiger charge is 2.32. The number of ether oxygens (including phenoxy) is 1. The molecule has 1 saturated heterocycles. The standard InChI is InChI=1S/C20H21BrN2O2/c21-16-6-7-18-19(12-16)22(13-15-4-2-1-3-5-15)9-10-23(20(18)24)17-8-11-25-14-17/h1-7,12,17H,8-11,13-14H2. The zero-order valence-electron chi connectivity index (χ0n) is 14.0. The van der Waals surface area contributed by atoms with E-state index >= 15 is 0 Å². The number of halogens is 1. The van der Waals surface area contributed by atoms with Crippen LogP contribution in [0.1, 0.15) is 22.3 Å². The smallest absolute Gasteiger partial charge is 0.256 e. The number of amides is 1. The van der Waals surface area contributed by atoms with Gasteiger partial charge in [-0.25, -0.2) is 0 Å². The molecule has 5 heteroatoms. The van der Waals surface area contributed by atoms with Crippen LogP contribution in [-0.4, -0.2) is 43.2 Å². The Morgan fingerprint density at radius 1 is 1.12 bits per heavy atom. The molecule has 4 rings (SSSR count). The number of carbonyl (C=O) groups excluding carboxylic acids is 1. The van der Waals surface area contributed by atoms with Gasteiger partial charge in [0.25, 0.3) is 5.91 Å². The Labute approximate surface area is 156 Å². The summed E-state index contributed by atoms with van der Waals surface area (Å²) in [6, 6.07) is 16.6. The van der Waals surface area contributed by atoms with Gasteiger partial charge in [-0.05, 0) is 30.2 Å². The number of hydrogen-bond donors (Lipinski definition) is 0. The summed E-state index contributed by atoms with van der Waals surface area (Å²) in [5.74, 6) is 0.119. The van der Waals surface area contributed by atoms with Crippen molar-refractivity contribution < 1.29 is 9.53 Å². The Kier molecular flexibility index (Phi) is 4.77. The zero-order chi connectivity index (χ0) is 17.2. The molecule has 2 aromatic carbocycles. The molecule has 0 saturated carbocycles. The Hall–Kier alpha value is -1.85. The third kappa shape index (κ3) is 3.44. The molecule has 130 valence electrons. The first kappa shape index (κ1) is 16.6. The lowest BCUT2D eigenvalue weighted by Crippen LogP contribution is -2.42. The van der Waals surface area contributed by atoms with Gasteiger partial charge in [0, 0.05) is 30.7 Å². The van der Waals surface area contributed by atoms with Crippen molar-refractivity contribution in [1.29, 1.82) is 0 Å². The minimum Gasteiger partial charge on any atom is -0.379 e. The number of hydrogen-bond acceptors (Lipinski definition) is 3. The molecule has 0 aliphatic carbocycles. The first-order valence-electron chi connectivity index (χ1n) is 8.69. The monoisotopic (exact) mass is 400 g/mol. The highest BCUT2D eigenvalue weighted by Crippen LogP contribution is 2.31. The Balaban J connectivity index is 1.68. The molecule has 1 atom stereocenters. The Morgan fingerprint density at radius 3 is 2.72 bits per heavy atom. The predicted octanol–water partition coefficient (Wildman–Crippen LogP) is 3.70. The number of fused-ring (bicyclic) bond motifs is 1. The van der Waals surface area contributed by atoms with Crippen molar-refractivity contribution in [2.24, 2.45) is 0 Å². The molecule has 2 aromatic rings. The van der Waals surface area contributed by atoms with Gasteiger partial charge >= 0.3 is 0 Å². The average Bonchev–Trinajstić information content (AvgIpc) is 3.12. The fraction of sp³-hybridized carbons (Fsp3) is 0.350. The van der Waals surface area contributed by atoms with Crippen LogP contribution in [0.2, 0.25) is 0 Å². The van der Waals surface area contributed by atoms with E-state index in [2.05, 4.69) is 51.2 Å². The van der Waals surface area contributed by atoms with Gasteiger partial charge in [-0.3, -0.25) is 4.79 Å². The SMILES string of the molecule is O=C1c2ccc(Br)cc2N(Cc2ccccc2)CCN1C1CCOC1. The van der Waals surface area contributed by atoms with Crippen LogP contribution >= 0.6 is 15.9 Å². The number of nitrogens with zero attached hydrogens (tertiary/aromatic N) is 2. The summed E-state index contributed by atoms with van der Waals surface area (Å²) in [5.41, 5.74) is 3.03. The van der Waals surface area contributed by atoms with Crippen LogP contribution in [0, 0.1) is 0 Å². The number of carbonyl (C=O) groups is 1. The second-order valence-electron chi connectivity index (χ2n) is 6.58. The van der Waals surface area contributed by atoms with Crippen molar-refractivity contribution in [3.63, 3.8) is 0 Å². The Bertz CT molecular complexity index is 760. The summed E-state index contributed by atoms with van der Waals surface area (Å²) >= 11 is 3.56. The van der Waals surface area contributed by atoms with E-state index in [9.17, 15) is 4.79 Å². The fourth-order valence-electron chi connectivity index (χ4n) is 3.64. The van der Waals surface area contributed by atoms with Crippen LogP contribution in [0.4, 0.5) is 5.69 Å². The second kappa shape index (κ2) is 7.18. The van der Waals surface area contributed by atoms with Crippen molar-refractivity contribution in [3.05, 3.63) is 64.1 Å². The van der Waals surface area contributed by atoms with Crippen molar-refractivity contribution >= 4 is 27.5 Å². The van der Waals surface area contributed by atoms with Gasteiger partial charge in [-0.15, -0.1) is 0 Å². The summed E-state index contributed by atoms with van der Waals surface area (Å²) in [6.07, 6.45) is 0.927. The molecule has 0 bridgehead atoms. The van der Waals surface area contributed by atoms with Crippen LogP contribution in [0.3, 0.4) is 0 Å². The molecule has 2 heterocycles. The molecule has 0 aromatic heterocycles. The van der Waals surface area contributed by atoms with Crippen molar-refractivity contribution in [3.8, 4) is 0 Å². The number of benzene rings is 2. The molecule has 0 radical (unpaired) electrons. The summed E-state index contributed by atoms with van der Waals surface area (Å²) in [6.45, 7) is 3.74. The van der Waals surface area contributed by atoms with Crippen LogP contribution in [0.25, 0.3) is 0 Å². The minimum atomic E-state index is 0.119. The van der Waals surface area contributed by atoms with E-state index in [0.717, 1.165) is 48.4 Å². The topological polar surface area (TPSA) is 32.8 Å². The minimum absolute atomic E-state index is 0.119. The molecule has 25 heavy (non-hydrogen) atoms. The normalized spacial score (nSPS) is 20.5. The Morgan fingerprint density at radius 2 is 1.96 bits per heavy atom. The van der Waals surface area contributed by atoms with Crippen molar-refractivity contribution in [2.45, 2.75) is 19.0 Å². The summed E-state index contributed by atoms with van der Waals surface area (Å²) in [7, 11) is 0. The van der Waals surface area contributed by atoms with Crippen LogP contribution in [-0.2, 0) is 11.3 Å². The van der Waals surface area contributed by atoms with E-state index in [-0.39, 0.29) is 11.9 Å². The molecule has 1 unspecified atom stereocenters. The highest BCUT2D eigenvalue weighted by molar-refractivity contribution is 9.10. The predicted molar refractivity (Wildman–Crippen MR) is 102 cm³/mol. The number of anilines is 1. The lowest BCUT2D eigenvalue weighted by molar-refractivity contribution is 0.0668. The number of rotatable bonds is 3. The van der Waals surface area contributed by atoms with Gasteiger partial charge in [0.05, 0.1) is 23.9 Å². The lowest BCUT2D eigenvalue weighted by atomic mass is 10.1. The van der Waals surface area contributed by atoms with Gasteiger partial charge in [0.15, 0.2) is 0 Å². The third-order valence-electron chi connectivity index (χ3n) is 4.97. The summed E-state index contributed by atoms with van der Waals surface area (Å²) in [4.78, 5) is 17.5. The molecule has 1 fully saturated rings. The van der Waals surface area contributed by atoms with Crippen molar-refractivity contribution in [2.75, 3.05) is 31.2 Å². The molecule has 4 nitrogen and oxygen atoms in total.